The van der Waals surface area contributed by atoms with Crippen molar-refractivity contribution < 1.29 is 24.2 Å². The lowest BCUT2D eigenvalue weighted by Gasteiger charge is -2.28. The number of anilines is 2. The molecule has 1 unspecified atom stereocenters. The van der Waals surface area contributed by atoms with Crippen LogP contribution in [0.1, 0.15) is 36.0 Å². The van der Waals surface area contributed by atoms with E-state index in [4.69, 9.17) is 16.0 Å². The average Bonchev–Trinajstić information content (AvgIpc) is 3.43. The number of hydrogen-bond acceptors (Lipinski definition) is 6. The molecule has 0 saturated heterocycles. The van der Waals surface area contributed by atoms with Crippen LogP contribution in [0.15, 0.2) is 88.5 Å². The Morgan fingerprint density at radius 3 is 2.41 bits per heavy atom. The first-order chi connectivity index (χ1) is 17.8. The second-order valence-corrected chi connectivity index (χ2v) is 9.18. The van der Waals surface area contributed by atoms with Crippen LogP contribution in [0.2, 0.25) is 5.02 Å². The Bertz CT molecular complexity index is 1540. The summed E-state index contributed by atoms with van der Waals surface area (Å²) in [5.74, 6) is -2.07. The van der Waals surface area contributed by atoms with E-state index in [1.54, 1.807) is 42.5 Å². The normalized spacial score (nSPS) is 15.6. The molecule has 8 heteroatoms. The number of rotatable bonds is 7. The number of Topliss-reactive ketones (excluding diaryl/α,β-unsaturated/α-hetero) is 1. The van der Waals surface area contributed by atoms with Crippen LogP contribution in [0.5, 0.6) is 5.75 Å². The molecule has 0 fully saturated rings. The Kier molecular flexibility index (Phi) is 6.39. The summed E-state index contributed by atoms with van der Waals surface area (Å²) in [6.07, 6.45) is 0. The highest BCUT2D eigenvalue weighted by Gasteiger charge is 2.45. The molecule has 4 aromatic rings. The number of halogens is 1. The molecule has 1 aliphatic rings. The van der Waals surface area contributed by atoms with Gasteiger partial charge in [0, 0.05) is 34.9 Å². The van der Waals surface area contributed by atoms with Crippen LogP contribution in [-0.4, -0.2) is 35.0 Å². The Morgan fingerprint density at radius 1 is 1.00 bits per heavy atom. The number of benzene rings is 3. The lowest BCUT2D eigenvalue weighted by molar-refractivity contribution is -0.117. The van der Waals surface area contributed by atoms with Crippen molar-refractivity contribution in [2.75, 3.05) is 22.9 Å². The van der Waals surface area contributed by atoms with Gasteiger partial charge < -0.3 is 19.5 Å². The SMILES string of the molecule is CCN(CC)c1ccc(N2C(=O)C(O)=C(C(=O)c3cc4cc(Cl)ccc4o3)C2c2cccc(O)c2)cc1. The van der Waals surface area contributed by atoms with Gasteiger partial charge in [-0.25, -0.2) is 0 Å². The van der Waals surface area contributed by atoms with Crippen LogP contribution in [0.25, 0.3) is 11.0 Å². The molecule has 1 aliphatic heterocycles. The Balaban J connectivity index is 1.61. The number of aromatic hydroxyl groups is 1. The van der Waals surface area contributed by atoms with Crippen molar-refractivity contribution >= 4 is 45.6 Å². The molecule has 1 atom stereocenters. The third kappa shape index (κ3) is 4.32. The van der Waals surface area contributed by atoms with Gasteiger partial charge in [0.15, 0.2) is 11.5 Å². The molecule has 37 heavy (non-hydrogen) atoms. The fourth-order valence-electron chi connectivity index (χ4n) is 4.79. The van der Waals surface area contributed by atoms with E-state index in [0.29, 0.717) is 27.2 Å². The van der Waals surface area contributed by atoms with Crippen LogP contribution in [0, 0.1) is 0 Å². The van der Waals surface area contributed by atoms with Crippen molar-refractivity contribution in [3.63, 3.8) is 0 Å². The van der Waals surface area contributed by atoms with Crippen LogP contribution in [0.3, 0.4) is 0 Å². The highest BCUT2D eigenvalue weighted by Crippen LogP contribution is 2.43. The van der Waals surface area contributed by atoms with Crippen molar-refractivity contribution in [1.29, 1.82) is 0 Å². The zero-order chi connectivity index (χ0) is 26.3. The summed E-state index contributed by atoms with van der Waals surface area (Å²) in [6.45, 7) is 5.78. The fourth-order valence-corrected chi connectivity index (χ4v) is 4.97. The van der Waals surface area contributed by atoms with Gasteiger partial charge in [0.05, 0.1) is 11.6 Å². The van der Waals surface area contributed by atoms with E-state index in [1.165, 1.54) is 23.1 Å². The highest BCUT2D eigenvalue weighted by molar-refractivity contribution is 6.31. The van der Waals surface area contributed by atoms with Gasteiger partial charge in [0.25, 0.3) is 5.91 Å². The lowest BCUT2D eigenvalue weighted by atomic mass is 9.94. The molecule has 0 aliphatic carbocycles. The third-order valence-electron chi connectivity index (χ3n) is 6.60. The summed E-state index contributed by atoms with van der Waals surface area (Å²) in [5, 5.41) is 22.3. The summed E-state index contributed by atoms with van der Waals surface area (Å²) in [6, 6.07) is 19.2. The number of carbonyl (C=O) groups is 2. The van der Waals surface area contributed by atoms with Gasteiger partial charge >= 0.3 is 0 Å². The number of hydrogen-bond donors (Lipinski definition) is 2. The Labute approximate surface area is 218 Å². The van der Waals surface area contributed by atoms with Gasteiger partial charge in [-0.05, 0) is 80.1 Å². The number of carbonyl (C=O) groups excluding carboxylic acids is 2. The van der Waals surface area contributed by atoms with Gasteiger partial charge in [-0.1, -0.05) is 23.7 Å². The molecule has 188 valence electrons. The summed E-state index contributed by atoms with van der Waals surface area (Å²) >= 11 is 6.08. The van der Waals surface area contributed by atoms with Crippen LogP contribution < -0.4 is 9.80 Å². The number of phenols is 1. The predicted molar refractivity (Wildman–Crippen MR) is 144 cm³/mol. The van der Waals surface area contributed by atoms with Crippen molar-refractivity contribution in [2.24, 2.45) is 0 Å². The zero-order valence-electron chi connectivity index (χ0n) is 20.3. The second-order valence-electron chi connectivity index (χ2n) is 8.75. The van der Waals surface area contributed by atoms with E-state index >= 15 is 0 Å². The molecule has 1 amide bonds. The second kappa shape index (κ2) is 9.67. The van der Waals surface area contributed by atoms with E-state index in [1.807, 2.05) is 12.1 Å². The maximum atomic E-state index is 13.7. The maximum Gasteiger partial charge on any atom is 0.294 e. The first-order valence-corrected chi connectivity index (χ1v) is 12.3. The van der Waals surface area contributed by atoms with Crippen molar-refractivity contribution in [3.05, 3.63) is 100 Å². The summed E-state index contributed by atoms with van der Waals surface area (Å²) in [7, 11) is 0. The molecule has 5 rings (SSSR count). The molecule has 0 saturated carbocycles. The number of aliphatic hydroxyl groups is 1. The number of nitrogens with zero attached hydrogens (tertiary/aromatic N) is 2. The van der Waals surface area contributed by atoms with Gasteiger partial charge in [0.1, 0.15) is 11.3 Å². The number of phenolic OH excluding ortho intramolecular Hbond substituents is 1. The topological polar surface area (TPSA) is 94.2 Å². The summed E-state index contributed by atoms with van der Waals surface area (Å²) in [5.41, 5.74) is 2.28. The Hall–Kier alpha value is -4.23. The molecule has 2 heterocycles. The number of aliphatic hydroxyl groups excluding tert-OH is 1. The highest BCUT2D eigenvalue weighted by atomic mass is 35.5. The minimum Gasteiger partial charge on any atom is -0.508 e. The van der Waals surface area contributed by atoms with Crippen molar-refractivity contribution in [3.8, 4) is 5.75 Å². The summed E-state index contributed by atoms with van der Waals surface area (Å²) in [4.78, 5) is 30.7. The standard InChI is InChI=1S/C29H25ClN2O5/c1-3-31(4-2)20-9-11-21(12-10-20)32-26(17-6-5-7-22(33)15-17)25(28(35)29(32)36)27(34)24-16-18-14-19(30)8-13-23(18)37-24/h5-16,26,33,35H,3-4H2,1-2H3. The zero-order valence-corrected chi connectivity index (χ0v) is 21.1. The molecule has 0 bridgehead atoms. The number of furan rings is 1. The van der Waals surface area contributed by atoms with Crippen LogP contribution >= 0.6 is 11.6 Å². The van der Waals surface area contributed by atoms with E-state index in [0.717, 1.165) is 18.8 Å². The maximum absolute atomic E-state index is 13.7. The van der Waals surface area contributed by atoms with Crippen LogP contribution in [-0.2, 0) is 4.79 Å². The third-order valence-corrected chi connectivity index (χ3v) is 6.83. The first-order valence-electron chi connectivity index (χ1n) is 12.0. The predicted octanol–water partition coefficient (Wildman–Crippen LogP) is 6.42. The van der Waals surface area contributed by atoms with Crippen molar-refractivity contribution in [1.82, 2.24) is 0 Å². The Morgan fingerprint density at radius 2 is 1.73 bits per heavy atom. The molecule has 2 N–H and O–H groups in total. The minimum absolute atomic E-state index is 0.0293. The average molecular weight is 517 g/mol. The lowest BCUT2D eigenvalue weighted by Crippen LogP contribution is -2.31. The quantitative estimate of drug-likeness (QED) is 0.275. The molecule has 0 spiro atoms. The van der Waals surface area contributed by atoms with Crippen LogP contribution in [0.4, 0.5) is 11.4 Å². The van der Waals surface area contributed by atoms with E-state index in [2.05, 4.69) is 18.7 Å². The van der Waals surface area contributed by atoms with E-state index < -0.39 is 23.5 Å². The molecule has 3 aromatic carbocycles. The number of ketones is 1. The summed E-state index contributed by atoms with van der Waals surface area (Å²) < 4.78 is 5.76. The molecule has 0 radical (unpaired) electrons. The van der Waals surface area contributed by atoms with Gasteiger partial charge in [-0.2, -0.15) is 0 Å². The minimum atomic E-state index is -0.983. The fraction of sp³-hybridized carbons (Fsp3) is 0.172. The van der Waals surface area contributed by atoms with E-state index in [-0.39, 0.29) is 17.1 Å². The van der Waals surface area contributed by atoms with E-state index in [9.17, 15) is 19.8 Å². The first kappa shape index (κ1) is 24.5. The molecular formula is C29H25ClN2O5. The molecule has 1 aromatic heterocycles. The monoisotopic (exact) mass is 516 g/mol. The molecule has 7 nitrogen and oxygen atoms in total. The largest absolute Gasteiger partial charge is 0.508 e. The van der Waals surface area contributed by atoms with Gasteiger partial charge in [-0.3, -0.25) is 14.5 Å². The van der Waals surface area contributed by atoms with Gasteiger partial charge in [0.2, 0.25) is 5.78 Å². The number of fused-ring (bicyclic) bond motifs is 1. The molecular weight excluding hydrogens is 492 g/mol. The van der Waals surface area contributed by atoms with Gasteiger partial charge in [-0.15, -0.1) is 0 Å². The van der Waals surface area contributed by atoms with Crippen molar-refractivity contribution in [2.45, 2.75) is 19.9 Å². The number of amides is 1. The smallest absolute Gasteiger partial charge is 0.294 e.